The van der Waals surface area contributed by atoms with Crippen molar-refractivity contribution in [3.63, 3.8) is 0 Å². The third-order valence-corrected chi connectivity index (χ3v) is 15.4. The van der Waals surface area contributed by atoms with Crippen LogP contribution in [0, 0.1) is 11.6 Å². The van der Waals surface area contributed by atoms with E-state index in [-0.39, 0.29) is 3.59 Å². The molecule has 2 saturated carbocycles. The molecule has 2 fully saturated rings. The van der Waals surface area contributed by atoms with Gasteiger partial charge in [-0.1, -0.05) is 0 Å². The predicted molar refractivity (Wildman–Crippen MR) is 97.7 cm³/mol. The Hall–Kier alpha value is 0.462. The van der Waals surface area contributed by atoms with Gasteiger partial charge in [0.15, 0.2) is 0 Å². The summed E-state index contributed by atoms with van der Waals surface area (Å²) in [6, 6.07) is 4.19. The van der Waals surface area contributed by atoms with Gasteiger partial charge in [0.1, 0.15) is 0 Å². The number of hydrogen-bond donors (Lipinski definition) is 0. The minimum absolute atomic E-state index is 0.132. The molecule has 0 heterocycles. The molecule has 2 aliphatic carbocycles. The first-order valence-electron chi connectivity index (χ1n) is 9.26. The molecule has 1 aromatic carbocycles. The Morgan fingerprint density at radius 3 is 1.62 bits per heavy atom. The zero-order valence-corrected chi connectivity index (χ0v) is 17.3. The van der Waals surface area contributed by atoms with Gasteiger partial charge in [0.2, 0.25) is 0 Å². The standard InChI is InChI=1S/C19H27ClF2P.Pd/c20-14-23(17-7-3-1-4-8-17,18-9-5-2-6-10-18)19-12-15(21)11-16(22)13-19;/h11-14,17-18,23H,1-10H2;. The van der Waals surface area contributed by atoms with E-state index in [2.05, 4.69) is 19.2 Å². The first kappa shape index (κ1) is 19.2. The van der Waals surface area contributed by atoms with Crippen molar-refractivity contribution in [3.05, 3.63) is 29.8 Å². The van der Waals surface area contributed by atoms with E-state index in [1.165, 1.54) is 64.2 Å². The number of benzene rings is 1. The van der Waals surface area contributed by atoms with E-state index >= 15 is 0 Å². The van der Waals surface area contributed by atoms with Gasteiger partial charge in [-0.15, -0.1) is 0 Å². The van der Waals surface area contributed by atoms with Crippen molar-refractivity contribution in [2.75, 3.05) is 0 Å². The topological polar surface area (TPSA) is 0 Å². The van der Waals surface area contributed by atoms with Gasteiger partial charge < -0.3 is 0 Å². The third-order valence-electron chi connectivity index (χ3n) is 6.26. The average Bonchev–Trinajstić information content (AvgIpc) is 2.56. The molecule has 0 radical (unpaired) electrons. The van der Waals surface area contributed by atoms with E-state index in [9.17, 15) is 8.78 Å². The number of rotatable bonds is 4. The van der Waals surface area contributed by atoms with Crippen LogP contribution in [0.1, 0.15) is 64.2 Å². The van der Waals surface area contributed by atoms with Gasteiger partial charge in [-0.2, -0.15) is 0 Å². The Bertz CT molecular complexity index is 516. The summed E-state index contributed by atoms with van der Waals surface area (Å²) in [6.45, 7) is 0. The molecule has 0 saturated heterocycles. The second-order valence-corrected chi connectivity index (χ2v) is 15.2. The molecular formula is C19H27ClF2PPd. The molecule has 1 unspecified atom stereocenters. The molecule has 2 aliphatic rings. The third kappa shape index (κ3) is 3.76. The summed E-state index contributed by atoms with van der Waals surface area (Å²) in [5, 5.41) is 0.908. The predicted octanol–water partition coefficient (Wildman–Crippen LogP) is 6.07. The second kappa shape index (κ2) is 8.44. The van der Waals surface area contributed by atoms with Gasteiger partial charge in [-0.05, 0) is 0 Å². The average molecular weight is 466 g/mol. The molecule has 0 aromatic heterocycles. The van der Waals surface area contributed by atoms with Crippen molar-refractivity contribution >= 4 is 24.2 Å². The Labute approximate surface area is 160 Å². The Balaban J connectivity index is 2.12. The maximum atomic E-state index is 14.1. The summed E-state index contributed by atoms with van der Waals surface area (Å²) >= 11 is 10.3. The van der Waals surface area contributed by atoms with E-state index in [1.54, 1.807) is 12.1 Å². The summed E-state index contributed by atoms with van der Waals surface area (Å²) in [6.07, 6.45) is 12.1. The summed E-state index contributed by atoms with van der Waals surface area (Å²) in [7, 11) is -2.29. The van der Waals surface area contributed by atoms with Crippen LogP contribution in [0.15, 0.2) is 18.2 Å². The van der Waals surface area contributed by atoms with Gasteiger partial charge in [-0.25, -0.2) is 0 Å². The number of alkyl halides is 1. The van der Waals surface area contributed by atoms with Gasteiger partial charge in [-0.3, -0.25) is 0 Å². The molecule has 0 aliphatic heterocycles. The first-order chi connectivity index (χ1) is 11.5. The molecule has 1 atom stereocenters. The van der Waals surface area contributed by atoms with Gasteiger partial charge in [0.25, 0.3) is 0 Å². The van der Waals surface area contributed by atoms with Crippen LogP contribution in [0.5, 0.6) is 0 Å². The van der Waals surface area contributed by atoms with Crippen molar-refractivity contribution in [1.29, 1.82) is 0 Å². The van der Waals surface area contributed by atoms with Gasteiger partial charge in [0, 0.05) is 0 Å². The van der Waals surface area contributed by atoms with Crippen molar-refractivity contribution in [3.8, 4) is 0 Å². The second-order valence-electron chi connectivity index (χ2n) is 7.53. The molecule has 3 rings (SSSR count). The van der Waals surface area contributed by atoms with Crippen LogP contribution in [0.4, 0.5) is 8.78 Å². The molecule has 139 valence electrons. The Morgan fingerprint density at radius 2 is 1.25 bits per heavy atom. The van der Waals surface area contributed by atoms with Crippen LogP contribution < -0.4 is 5.30 Å². The molecule has 0 amide bonds. The van der Waals surface area contributed by atoms with E-state index in [4.69, 9.17) is 11.6 Å². The molecule has 1 aromatic rings. The summed E-state index contributed by atoms with van der Waals surface area (Å²) < 4.78 is 28.0. The fraction of sp³-hybridized carbons (Fsp3) is 0.684. The van der Waals surface area contributed by atoms with Crippen molar-refractivity contribution in [1.82, 2.24) is 0 Å². The summed E-state index contributed by atoms with van der Waals surface area (Å²) in [4.78, 5) is 0. The quantitative estimate of drug-likeness (QED) is 0.287. The Kier molecular flexibility index (Phi) is 6.76. The zero-order valence-electron chi connectivity index (χ0n) is 14.0. The van der Waals surface area contributed by atoms with E-state index in [0.717, 1.165) is 11.4 Å². The van der Waals surface area contributed by atoms with E-state index in [0.29, 0.717) is 11.3 Å². The molecule has 0 spiro atoms. The number of halogens is 3. The fourth-order valence-corrected chi connectivity index (χ4v) is 15.6. The monoisotopic (exact) mass is 465 g/mol. The van der Waals surface area contributed by atoms with Gasteiger partial charge in [0.05, 0.1) is 0 Å². The van der Waals surface area contributed by atoms with Gasteiger partial charge >= 0.3 is 161 Å². The summed E-state index contributed by atoms with van der Waals surface area (Å²) in [5.74, 6) is -0.911. The zero-order chi connectivity index (χ0) is 17.2. The SMILES string of the molecule is Fc1cc(F)cc([PH]([CH](Cl)[Pd])(C2CCCCC2)C2CCCCC2)c1. The molecule has 0 nitrogen and oxygen atoms in total. The molecule has 0 N–H and O–H groups in total. The van der Waals surface area contributed by atoms with Crippen LogP contribution in [0.25, 0.3) is 0 Å². The Morgan fingerprint density at radius 1 is 0.833 bits per heavy atom. The van der Waals surface area contributed by atoms with Crippen LogP contribution >= 0.6 is 18.9 Å². The first-order valence-corrected chi connectivity index (χ1v) is 12.8. The summed E-state index contributed by atoms with van der Waals surface area (Å²) in [5.41, 5.74) is 1.07. The molecular weight excluding hydrogens is 439 g/mol. The van der Waals surface area contributed by atoms with E-state index in [1.807, 2.05) is 0 Å². The maximum absolute atomic E-state index is 14.1. The molecule has 0 bridgehead atoms. The fourth-order valence-electron chi connectivity index (χ4n) is 5.21. The number of hydrogen-bond acceptors (Lipinski definition) is 0. The minimum atomic E-state index is -2.29. The molecule has 24 heavy (non-hydrogen) atoms. The van der Waals surface area contributed by atoms with Crippen LogP contribution in [0.2, 0.25) is 0 Å². The normalized spacial score (nSPS) is 23.2. The van der Waals surface area contributed by atoms with Crippen molar-refractivity contribution in [2.24, 2.45) is 0 Å². The van der Waals surface area contributed by atoms with Crippen molar-refractivity contribution in [2.45, 2.75) is 79.1 Å². The van der Waals surface area contributed by atoms with Crippen LogP contribution in [0.3, 0.4) is 0 Å². The van der Waals surface area contributed by atoms with Crippen molar-refractivity contribution < 1.29 is 28.0 Å². The van der Waals surface area contributed by atoms with Crippen LogP contribution in [-0.2, 0) is 19.2 Å². The van der Waals surface area contributed by atoms with E-state index < -0.39 is 18.9 Å². The molecule has 5 heteroatoms. The van der Waals surface area contributed by atoms with Crippen LogP contribution in [-0.4, -0.2) is 14.9 Å².